The molecule has 1 heterocycles. The third-order valence-corrected chi connectivity index (χ3v) is 3.94. The normalized spacial score (nSPS) is 10.5. The minimum absolute atomic E-state index is 0.0522. The van der Waals surface area contributed by atoms with Crippen molar-refractivity contribution in [2.24, 2.45) is 0 Å². The van der Waals surface area contributed by atoms with Gasteiger partial charge in [0.05, 0.1) is 10.5 Å². The Balaban J connectivity index is 2.23. The number of rotatable bonds is 5. The summed E-state index contributed by atoms with van der Waals surface area (Å²) in [6, 6.07) is 3.54. The van der Waals surface area contributed by atoms with Crippen LogP contribution in [0.3, 0.4) is 0 Å². The van der Waals surface area contributed by atoms with E-state index in [0.29, 0.717) is 0 Å². The Morgan fingerprint density at radius 3 is 2.79 bits per heavy atom. The highest BCUT2D eigenvalue weighted by molar-refractivity contribution is 7.98. The van der Waals surface area contributed by atoms with E-state index in [-0.39, 0.29) is 28.2 Å². The van der Waals surface area contributed by atoms with Gasteiger partial charge in [-0.2, -0.15) is 0 Å². The van der Waals surface area contributed by atoms with Crippen molar-refractivity contribution in [3.05, 3.63) is 54.9 Å². The molecule has 0 N–H and O–H groups in total. The SMILES string of the molecule is CSc1nnc(C)c(=O)n1COC(=O)c1ccc(Cl)c([N+](=O)[O-])c1. The molecule has 2 rings (SSSR count). The molecule has 126 valence electrons. The zero-order valence-electron chi connectivity index (χ0n) is 12.6. The number of hydrogen-bond donors (Lipinski definition) is 0. The van der Waals surface area contributed by atoms with Crippen LogP contribution in [-0.4, -0.2) is 31.9 Å². The van der Waals surface area contributed by atoms with Crippen LogP contribution in [0.4, 0.5) is 5.69 Å². The van der Waals surface area contributed by atoms with Crippen molar-refractivity contribution in [3.8, 4) is 0 Å². The van der Waals surface area contributed by atoms with Gasteiger partial charge >= 0.3 is 5.97 Å². The topological polar surface area (TPSA) is 117 Å². The number of halogens is 1. The summed E-state index contributed by atoms with van der Waals surface area (Å²) in [6.45, 7) is 1.10. The van der Waals surface area contributed by atoms with E-state index < -0.39 is 22.1 Å². The quantitative estimate of drug-likeness (QED) is 0.339. The van der Waals surface area contributed by atoms with Gasteiger partial charge in [0.25, 0.3) is 11.2 Å². The number of aromatic nitrogens is 3. The number of nitro benzene ring substituents is 1. The molecule has 11 heteroatoms. The molecule has 1 aromatic heterocycles. The minimum atomic E-state index is -0.830. The number of carbonyl (C=O) groups is 1. The van der Waals surface area contributed by atoms with Gasteiger partial charge in [0.15, 0.2) is 11.9 Å². The van der Waals surface area contributed by atoms with E-state index in [9.17, 15) is 19.7 Å². The summed E-state index contributed by atoms with van der Waals surface area (Å²) in [4.78, 5) is 34.2. The Kier molecular flexibility index (Phi) is 5.52. The van der Waals surface area contributed by atoms with Crippen LogP contribution in [0.2, 0.25) is 5.02 Å². The number of carbonyl (C=O) groups excluding carboxylic acids is 1. The second kappa shape index (κ2) is 7.41. The number of nitrogens with zero attached hydrogens (tertiary/aromatic N) is 4. The van der Waals surface area contributed by atoms with Crippen LogP contribution >= 0.6 is 23.4 Å². The highest BCUT2D eigenvalue weighted by atomic mass is 35.5. The summed E-state index contributed by atoms with van der Waals surface area (Å²) in [7, 11) is 0. The summed E-state index contributed by atoms with van der Waals surface area (Å²) in [5.41, 5.74) is -0.742. The van der Waals surface area contributed by atoms with Crippen LogP contribution in [0.15, 0.2) is 28.2 Å². The maximum absolute atomic E-state index is 12.1. The molecular formula is C13H11ClN4O5S. The molecule has 0 aliphatic carbocycles. The zero-order chi connectivity index (χ0) is 17.9. The molecule has 0 amide bonds. The fourth-order valence-corrected chi connectivity index (χ4v) is 2.41. The van der Waals surface area contributed by atoms with Crippen molar-refractivity contribution >= 4 is 35.0 Å². The van der Waals surface area contributed by atoms with Gasteiger partial charge in [-0.05, 0) is 25.3 Å². The van der Waals surface area contributed by atoms with Gasteiger partial charge in [0.2, 0.25) is 0 Å². The number of thioether (sulfide) groups is 1. The number of nitro groups is 1. The minimum Gasteiger partial charge on any atom is -0.440 e. The molecule has 0 saturated heterocycles. The van der Waals surface area contributed by atoms with E-state index in [1.807, 2.05) is 0 Å². The van der Waals surface area contributed by atoms with Crippen LogP contribution in [0.1, 0.15) is 16.1 Å². The molecule has 0 fully saturated rings. The van der Waals surface area contributed by atoms with Gasteiger partial charge < -0.3 is 4.74 Å². The first-order valence-electron chi connectivity index (χ1n) is 6.44. The van der Waals surface area contributed by atoms with Crippen LogP contribution in [0.25, 0.3) is 0 Å². The highest BCUT2D eigenvalue weighted by Crippen LogP contribution is 2.25. The highest BCUT2D eigenvalue weighted by Gasteiger charge is 2.18. The molecule has 24 heavy (non-hydrogen) atoms. The molecule has 0 aliphatic rings. The second-order valence-corrected chi connectivity index (χ2v) is 5.67. The van der Waals surface area contributed by atoms with Gasteiger partial charge in [-0.3, -0.25) is 14.9 Å². The van der Waals surface area contributed by atoms with E-state index in [1.54, 1.807) is 6.26 Å². The molecule has 1 aromatic carbocycles. The fourth-order valence-electron chi connectivity index (χ4n) is 1.75. The fraction of sp³-hybridized carbons (Fsp3) is 0.231. The van der Waals surface area contributed by atoms with Gasteiger partial charge in [-0.25, -0.2) is 9.36 Å². The van der Waals surface area contributed by atoms with Gasteiger partial charge in [-0.15, -0.1) is 10.2 Å². The number of benzene rings is 1. The van der Waals surface area contributed by atoms with Gasteiger partial charge in [0.1, 0.15) is 10.7 Å². The monoisotopic (exact) mass is 370 g/mol. The van der Waals surface area contributed by atoms with E-state index in [2.05, 4.69) is 10.2 Å². The largest absolute Gasteiger partial charge is 0.440 e. The summed E-state index contributed by atoms with van der Waals surface area (Å²) in [5.74, 6) is -0.830. The molecule has 0 spiro atoms. The van der Waals surface area contributed by atoms with E-state index >= 15 is 0 Å². The van der Waals surface area contributed by atoms with Crippen molar-refractivity contribution in [3.63, 3.8) is 0 Å². The molecule has 0 saturated carbocycles. The molecule has 0 atom stereocenters. The van der Waals surface area contributed by atoms with Crippen molar-refractivity contribution in [2.45, 2.75) is 18.8 Å². The molecular weight excluding hydrogens is 360 g/mol. The molecule has 0 aliphatic heterocycles. The molecule has 9 nitrogen and oxygen atoms in total. The first-order valence-corrected chi connectivity index (χ1v) is 8.04. The Hall–Kier alpha value is -2.46. The maximum Gasteiger partial charge on any atom is 0.340 e. The first kappa shape index (κ1) is 17.9. The van der Waals surface area contributed by atoms with Crippen molar-refractivity contribution in [1.82, 2.24) is 14.8 Å². The Morgan fingerprint density at radius 2 is 2.17 bits per heavy atom. The van der Waals surface area contributed by atoms with Crippen molar-refractivity contribution < 1.29 is 14.5 Å². The maximum atomic E-state index is 12.1. The van der Waals surface area contributed by atoms with Crippen LogP contribution in [0.5, 0.6) is 0 Å². The average Bonchev–Trinajstić information content (AvgIpc) is 2.56. The third-order valence-electron chi connectivity index (χ3n) is 2.96. The molecule has 0 unspecified atom stereocenters. The Morgan fingerprint density at radius 1 is 1.46 bits per heavy atom. The van der Waals surface area contributed by atoms with E-state index in [4.69, 9.17) is 16.3 Å². The summed E-state index contributed by atoms with van der Waals surface area (Å²) in [6.07, 6.45) is 1.69. The summed E-state index contributed by atoms with van der Waals surface area (Å²) >= 11 is 6.85. The zero-order valence-corrected chi connectivity index (χ0v) is 14.1. The first-order chi connectivity index (χ1) is 11.3. The molecule has 2 aromatic rings. The van der Waals surface area contributed by atoms with E-state index in [0.717, 1.165) is 10.6 Å². The summed E-state index contributed by atoms with van der Waals surface area (Å²) in [5, 5.41) is 18.6. The van der Waals surface area contributed by atoms with Crippen LogP contribution in [-0.2, 0) is 11.5 Å². The van der Waals surface area contributed by atoms with Crippen LogP contribution in [0, 0.1) is 17.0 Å². The number of esters is 1. The number of hydrogen-bond acceptors (Lipinski definition) is 8. The van der Waals surface area contributed by atoms with Crippen molar-refractivity contribution in [2.75, 3.05) is 6.26 Å². The third kappa shape index (κ3) is 3.71. The standard InChI is InChI=1S/C13H11ClN4O5S/c1-7-11(19)17(13(24-2)16-15-7)6-23-12(20)8-3-4-9(14)10(5-8)18(21)22/h3-5H,6H2,1-2H3. The predicted octanol–water partition coefficient (Wildman–Crippen LogP) is 2.04. The Labute approximate surface area is 144 Å². The second-order valence-electron chi connectivity index (χ2n) is 4.49. The summed E-state index contributed by atoms with van der Waals surface area (Å²) < 4.78 is 6.19. The van der Waals surface area contributed by atoms with Gasteiger partial charge in [0, 0.05) is 6.07 Å². The lowest BCUT2D eigenvalue weighted by Gasteiger charge is -2.10. The lowest BCUT2D eigenvalue weighted by atomic mass is 10.2. The molecule has 0 radical (unpaired) electrons. The number of ether oxygens (including phenoxy) is 1. The van der Waals surface area contributed by atoms with Crippen molar-refractivity contribution in [1.29, 1.82) is 0 Å². The Bertz CT molecular complexity index is 870. The predicted molar refractivity (Wildman–Crippen MR) is 86.3 cm³/mol. The number of aryl methyl sites for hydroxylation is 1. The lowest BCUT2D eigenvalue weighted by molar-refractivity contribution is -0.384. The van der Waals surface area contributed by atoms with Gasteiger partial charge in [-0.1, -0.05) is 23.4 Å². The lowest BCUT2D eigenvalue weighted by Crippen LogP contribution is -2.28. The van der Waals surface area contributed by atoms with Crippen LogP contribution < -0.4 is 5.56 Å². The van der Waals surface area contributed by atoms with E-state index in [1.165, 1.54) is 30.8 Å². The average molecular weight is 371 g/mol. The smallest absolute Gasteiger partial charge is 0.340 e. The molecule has 0 bridgehead atoms.